The third-order valence-electron chi connectivity index (χ3n) is 6.59. The molecule has 0 aromatic heterocycles. The summed E-state index contributed by atoms with van der Waals surface area (Å²) in [6.07, 6.45) is 6.28. The van der Waals surface area contributed by atoms with Crippen molar-refractivity contribution in [3.63, 3.8) is 0 Å². The summed E-state index contributed by atoms with van der Waals surface area (Å²) in [5.74, 6) is 1.18. The molecule has 2 aromatic carbocycles. The minimum atomic E-state index is -0.447. The zero-order valence-electron chi connectivity index (χ0n) is 21.2. The highest BCUT2D eigenvalue weighted by Crippen LogP contribution is 2.21. The molecule has 1 fully saturated rings. The number of nitrogens with one attached hydrogen (secondary N) is 1. The van der Waals surface area contributed by atoms with E-state index in [9.17, 15) is 9.59 Å². The van der Waals surface area contributed by atoms with E-state index in [1.165, 1.54) is 41.5 Å². The number of rotatable bonds is 10. The van der Waals surface area contributed by atoms with Crippen molar-refractivity contribution in [1.82, 2.24) is 10.2 Å². The number of carbonyl (C=O) groups excluding carboxylic acids is 2. The summed E-state index contributed by atoms with van der Waals surface area (Å²) >= 11 is 1.63. The van der Waals surface area contributed by atoms with Crippen molar-refractivity contribution >= 4 is 23.6 Å². The van der Waals surface area contributed by atoms with E-state index in [-0.39, 0.29) is 17.9 Å². The predicted octanol–water partition coefficient (Wildman–Crippen LogP) is 6.10. The van der Waals surface area contributed by atoms with Crippen LogP contribution in [0.3, 0.4) is 0 Å². The Morgan fingerprint density at radius 2 is 1.59 bits per heavy atom. The topological polar surface area (TPSA) is 49.4 Å². The number of nitrogens with zero attached hydrogens (tertiary/aromatic N) is 1. The molecule has 4 nitrogen and oxygen atoms in total. The highest BCUT2D eigenvalue weighted by Gasteiger charge is 2.30. The summed E-state index contributed by atoms with van der Waals surface area (Å²) in [7, 11) is 0. The number of carbonyl (C=O) groups is 2. The number of hydrogen-bond donors (Lipinski definition) is 1. The second kappa shape index (κ2) is 13.0. The molecule has 0 unspecified atom stereocenters. The van der Waals surface area contributed by atoms with E-state index in [1.54, 1.807) is 16.7 Å². The number of benzene rings is 2. The standard InChI is InChI=1S/C29H40N2O2S/c1-5-27(29(33)30-26-9-7-6-8-10-26)31(18-24-13-11-21(2)12-14-24)28(32)20-34-19-25-16-22(3)15-23(4)17-25/h11-17,26-27H,5-10,18-20H2,1-4H3,(H,30,33)/t27-/m0/s1. The van der Waals surface area contributed by atoms with Crippen LogP contribution in [0, 0.1) is 20.8 Å². The smallest absolute Gasteiger partial charge is 0.243 e. The van der Waals surface area contributed by atoms with Crippen LogP contribution in [-0.4, -0.2) is 34.6 Å². The first-order valence-corrected chi connectivity index (χ1v) is 13.8. The van der Waals surface area contributed by atoms with Crippen molar-refractivity contribution < 1.29 is 9.59 Å². The molecule has 1 atom stereocenters. The molecule has 0 spiro atoms. The Balaban J connectivity index is 1.70. The Bertz CT molecular complexity index is 931. The van der Waals surface area contributed by atoms with Crippen LogP contribution in [0.5, 0.6) is 0 Å². The fraction of sp³-hybridized carbons (Fsp3) is 0.517. The van der Waals surface area contributed by atoms with Gasteiger partial charge in [-0.1, -0.05) is 85.3 Å². The largest absolute Gasteiger partial charge is 0.352 e. The van der Waals surface area contributed by atoms with Gasteiger partial charge in [0, 0.05) is 18.3 Å². The quantitative estimate of drug-likeness (QED) is 0.447. The Morgan fingerprint density at radius 1 is 0.941 bits per heavy atom. The van der Waals surface area contributed by atoms with Gasteiger partial charge in [-0.15, -0.1) is 11.8 Å². The number of amides is 2. The molecule has 0 heterocycles. The molecule has 2 amide bonds. The monoisotopic (exact) mass is 480 g/mol. The van der Waals surface area contributed by atoms with Crippen LogP contribution in [0.4, 0.5) is 0 Å². The SMILES string of the molecule is CC[C@@H](C(=O)NC1CCCCC1)N(Cc1ccc(C)cc1)C(=O)CSCc1cc(C)cc(C)c1. The summed E-state index contributed by atoms with van der Waals surface area (Å²) < 4.78 is 0. The first-order valence-electron chi connectivity index (χ1n) is 12.7. The van der Waals surface area contributed by atoms with Crippen LogP contribution in [0.2, 0.25) is 0 Å². The van der Waals surface area contributed by atoms with Crippen LogP contribution >= 0.6 is 11.8 Å². The highest BCUT2D eigenvalue weighted by molar-refractivity contribution is 7.99. The fourth-order valence-corrected chi connectivity index (χ4v) is 5.69. The summed E-state index contributed by atoms with van der Waals surface area (Å²) in [6, 6.07) is 14.6. The molecule has 0 saturated heterocycles. The molecule has 34 heavy (non-hydrogen) atoms. The molecule has 1 N–H and O–H groups in total. The molecule has 184 valence electrons. The van der Waals surface area contributed by atoms with E-state index in [4.69, 9.17) is 0 Å². The van der Waals surface area contributed by atoms with E-state index in [0.29, 0.717) is 18.7 Å². The minimum Gasteiger partial charge on any atom is -0.352 e. The van der Waals surface area contributed by atoms with E-state index >= 15 is 0 Å². The lowest BCUT2D eigenvalue weighted by molar-refractivity contribution is -0.139. The number of thioether (sulfide) groups is 1. The second-order valence-electron chi connectivity index (χ2n) is 9.76. The molecule has 5 heteroatoms. The van der Waals surface area contributed by atoms with Gasteiger partial charge in [-0.2, -0.15) is 0 Å². The normalized spacial score (nSPS) is 15.1. The molecule has 2 aromatic rings. The van der Waals surface area contributed by atoms with Gasteiger partial charge in [0.15, 0.2) is 0 Å². The van der Waals surface area contributed by atoms with Crippen LogP contribution in [0.25, 0.3) is 0 Å². The Labute approximate surface area is 209 Å². The van der Waals surface area contributed by atoms with Crippen molar-refractivity contribution in [1.29, 1.82) is 0 Å². The van der Waals surface area contributed by atoms with Gasteiger partial charge in [0.1, 0.15) is 6.04 Å². The number of hydrogen-bond acceptors (Lipinski definition) is 3. The maximum Gasteiger partial charge on any atom is 0.243 e. The van der Waals surface area contributed by atoms with Gasteiger partial charge in [0.25, 0.3) is 0 Å². The second-order valence-corrected chi connectivity index (χ2v) is 10.7. The molecule has 1 aliphatic rings. The van der Waals surface area contributed by atoms with Crippen LogP contribution in [0.15, 0.2) is 42.5 Å². The highest BCUT2D eigenvalue weighted by atomic mass is 32.2. The summed E-state index contributed by atoms with van der Waals surface area (Å²) in [5, 5.41) is 3.25. The molecule has 3 rings (SSSR count). The Hall–Kier alpha value is -2.27. The van der Waals surface area contributed by atoms with Gasteiger partial charge in [0.05, 0.1) is 5.75 Å². The van der Waals surface area contributed by atoms with Gasteiger partial charge in [-0.25, -0.2) is 0 Å². The van der Waals surface area contributed by atoms with Crippen LogP contribution in [0.1, 0.15) is 73.3 Å². The lowest BCUT2D eigenvalue weighted by Crippen LogP contribution is -2.52. The summed E-state index contributed by atoms with van der Waals surface area (Å²) in [5.41, 5.74) is 5.97. The van der Waals surface area contributed by atoms with Crippen molar-refractivity contribution in [2.45, 2.75) is 90.6 Å². The predicted molar refractivity (Wildman–Crippen MR) is 143 cm³/mol. The molecular formula is C29H40N2O2S. The van der Waals surface area contributed by atoms with Crippen molar-refractivity contribution in [2.75, 3.05) is 5.75 Å². The van der Waals surface area contributed by atoms with Gasteiger partial charge in [0.2, 0.25) is 11.8 Å². The van der Waals surface area contributed by atoms with Crippen LogP contribution < -0.4 is 5.32 Å². The van der Waals surface area contributed by atoms with E-state index in [1.807, 2.05) is 6.92 Å². The third kappa shape index (κ3) is 7.90. The maximum absolute atomic E-state index is 13.5. The molecule has 1 saturated carbocycles. The summed E-state index contributed by atoms with van der Waals surface area (Å²) in [6.45, 7) is 8.73. The fourth-order valence-electron chi connectivity index (χ4n) is 4.85. The number of aryl methyl sites for hydroxylation is 3. The zero-order valence-corrected chi connectivity index (χ0v) is 22.0. The molecule has 1 aliphatic carbocycles. The van der Waals surface area contributed by atoms with Gasteiger partial charge < -0.3 is 10.2 Å². The molecule has 0 radical (unpaired) electrons. The average molecular weight is 481 g/mol. The Kier molecular flexibility index (Phi) is 10.1. The average Bonchev–Trinajstić information content (AvgIpc) is 2.80. The summed E-state index contributed by atoms with van der Waals surface area (Å²) in [4.78, 5) is 28.6. The zero-order chi connectivity index (χ0) is 24.5. The molecule has 0 bridgehead atoms. The molecular weight excluding hydrogens is 440 g/mol. The van der Waals surface area contributed by atoms with Gasteiger partial charge in [-0.3, -0.25) is 9.59 Å². The lowest BCUT2D eigenvalue weighted by atomic mass is 9.95. The first-order chi connectivity index (χ1) is 16.4. The lowest BCUT2D eigenvalue weighted by Gasteiger charge is -2.32. The van der Waals surface area contributed by atoms with E-state index in [0.717, 1.165) is 24.2 Å². The third-order valence-corrected chi connectivity index (χ3v) is 7.58. The van der Waals surface area contributed by atoms with E-state index < -0.39 is 6.04 Å². The van der Waals surface area contributed by atoms with Crippen LogP contribution in [-0.2, 0) is 21.9 Å². The van der Waals surface area contributed by atoms with Crippen molar-refractivity contribution in [3.8, 4) is 0 Å². The van der Waals surface area contributed by atoms with E-state index in [2.05, 4.69) is 68.6 Å². The Morgan fingerprint density at radius 3 is 2.21 bits per heavy atom. The first kappa shape index (κ1) is 26.3. The minimum absolute atomic E-state index is 0.00540. The molecule has 0 aliphatic heterocycles. The van der Waals surface area contributed by atoms with Crippen molar-refractivity contribution in [2.24, 2.45) is 0 Å². The van der Waals surface area contributed by atoms with Gasteiger partial charge >= 0.3 is 0 Å². The van der Waals surface area contributed by atoms with Gasteiger partial charge in [-0.05, 0) is 51.2 Å². The van der Waals surface area contributed by atoms with Crippen molar-refractivity contribution in [3.05, 3.63) is 70.3 Å². The maximum atomic E-state index is 13.5.